The maximum absolute atomic E-state index is 6.06. The van der Waals surface area contributed by atoms with E-state index >= 15 is 0 Å². The number of rotatable bonds is 3. The van der Waals surface area contributed by atoms with E-state index < -0.39 is 0 Å². The molecule has 1 aliphatic rings. The molecular weight excluding hydrogens is 332 g/mol. The number of benzene rings is 3. The Balaban J connectivity index is 1.61. The molecule has 5 rings (SSSR count). The third-order valence-electron chi connectivity index (χ3n) is 4.67. The highest BCUT2D eigenvalue weighted by Crippen LogP contribution is 2.54. The van der Waals surface area contributed by atoms with Crippen LogP contribution in [0.4, 0.5) is 5.69 Å². The van der Waals surface area contributed by atoms with E-state index in [9.17, 15) is 0 Å². The second-order valence-corrected chi connectivity index (χ2v) is 6.61. The summed E-state index contributed by atoms with van der Waals surface area (Å²) in [7, 11) is 0. The second-order valence-electron chi connectivity index (χ2n) is 6.18. The van der Waals surface area contributed by atoms with Crippen LogP contribution in [0.1, 0.15) is 17.8 Å². The van der Waals surface area contributed by atoms with Crippen molar-refractivity contribution in [1.29, 1.82) is 0 Å². The first-order chi connectivity index (χ1) is 12.3. The van der Waals surface area contributed by atoms with Gasteiger partial charge in [0.2, 0.25) is 0 Å². The van der Waals surface area contributed by atoms with Crippen LogP contribution in [0, 0.1) is 0 Å². The van der Waals surface area contributed by atoms with Gasteiger partial charge in [0.15, 0.2) is 6.17 Å². The molecule has 1 saturated heterocycles. The Kier molecular flexibility index (Phi) is 3.25. The van der Waals surface area contributed by atoms with Crippen molar-refractivity contribution in [3.63, 3.8) is 0 Å². The molecule has 0 spiro atoms. The molecule has 5 heteroatoms. The first kappa shape index (κ1) is 14.5. The Morgan fingerprint density at radius 1 is 0.800 bits per heavy atom. The Hall–Kier alpha value is -2.85. The molecule has 0 amide bonds. The molecule has 1 aromatic heterocycles. The standard InChI is InChI=1S/C20H15ClN4/c21-15-12-10-14(11-13-15)19-20(24(19)16-6-2-1-3-7-16)25-18-9-5-4-8-17(18)22-23-25/h1-13,19-20H. The molecule has 2 atom stereocenters. The summed E-state index contributed by atoms with van der Waals surface area (Å²) in [5.41, 5.74) is 4.35. The molecule has 1 fully saturated rings. The number of anilines is 1. The molecule has 4 aromatic rings. The third-order valence-corrected chi connectivity index (χ3v) is 4.92. The van der Waals surface area contributed by atoms with E-state index in [4.69, 9.17) is 11.6 Å². The summed E-state index contributed by atoms with van der Waals surface area (Å²) < 4.78 is 2.02. The van der Waals surface area contributed by atoms with Crippen LogP contribution in [0.25, 0.3) is 11.0 Å². The zero-order valence-electron chi connectivity index (χ0n) is 13.3. The van der Waals surface area contributed by atoms with Crippen molar-refractivity contribution in [2.24, 2.45) is 0 Å². The number of para-hydroxylation sites is 2. The van der Waals surface area contributed by atoms with E-state index in [1.165, 1.54) is 11.3 Å². The van der Waals surface area contributed by atoms with Crippen molar-refractivity contribution < 1.29 is 0 Å². The van der Waals surface area contributed by atoms with Crippen molar-refractivity contribution in [3.8, 4) is 0 Å². The Labute approximate surface area is 150 Å². The normalized spacial score (nSPS) is 19.3. The van der Waals surface area contributed by atoms with Gasteiger partial charge in [-0.25, -0.2) is 4.68 Å². The summed E-state index contributed by atoms with van der Waals surface area (Å²) in [5, 5.41) is 9.49. The van der Waals surface area contributed by atoms with Crippen LogP contribution in [-0.2, 0) is 0 Å². The zero-order valence-corrected chi connectivity index (χ0v) is 14.1. The molecule has 0 bridgehead atoms. The molecule has 122 valence electrons. The molecule has 2 unspecified atom stereocenters. The quantitative estimate of drug-likeness (QED) is 0.497. The third kappa shape index (κ3) is 2.37. The number of hydrogen-bond donors (Lipinski definition) is 0. The summed E-state index contributed by atoms with van der Waals surface area (Å²) in [5.74, 6) is 0. The van der Waals surface area contributed by atoms with E-state index in [1.54, 1.807) is 0 Å². The van der Waals surface area contributed by atoms with Crippen LogP contribution in [0.2, 0.25) is 5.02 Å². The van der Waals surface area contributed by atoms with Gasteiger partial charge in [-0.1, -0.05) is 59.3 Å². The van der Waals surface area contributed by atoms with Gasteiger partial charge in [0.25, 0.3) is 0 Å². The highest BCUT2D eigenvalue weighted by molar-refractivity contribution is 6.30. The van der Waals surface area contributed by atoms with E-state index in [0.29, 0.717) is 0 Å². The summed E-state index contributed by atoms with van der Waals surface area (Å²) in [4.78, 5) is 2.35. The predicted molar refractivity (Wildman–Crippen MR) is 99.7 cm³/mol. The SMILES string of the molecule is Clc1ccc(C2C(n3nnc4ccccc43)N2c2ccccc2)cc1. The van der Waals surface area contributed by atoms with Gasteiger partial charge >= 0.3 is 0 Å². The number of halogens is 1. The molecule has 25 heavy (non-hydrogen) atoms. The molecule has 3 aromatic carbocycles. The number of aromatic nitrogens is 3. The van der Waals surface area contributed by atoms with E-state index in [2.05, 4.69) is 57.7 Å². The van der Waals surface area contributed by atoms with Crippen molar-refractivity contribution in [3.05, 3.63) is 89.4 Å². The summed E-state index contributed by atoms with van der Waals surface area (Å²) >= 11 is 6.06. The summed E-state index contributed by atoms with van der Waals surface area (Å²) in [6.07, 6.45) is 0.107. The lowest BCUT2D eigenvalue weighted by atomic mass is 10.1. The average Bonchev–Trinajstić information content (AvgIpc) is 3.25. The van der Waals surface area contributed by atoms with Gasteiger partial charge in [-0.05, 0) is 42.0 Å². The van der Waals surface area contributed by atoms with Crippen molar-refractivity contribution >= 4 is 28.3 Å². The van der Waals surface area contributed by atoms with Gasteiger partial charge in [-0.15, -0.1) is 5.10 Å². The first-order valence-electron chi connectivity index (χ1n) is 8.22. The smallest absolute Gasteiger partial charge is 0.151 e. The van der Waals surface area contributed by atoms with Gasteiger partial charge in [0, 0.05) is 10.7 Å². The van der Waals surface area contributed by atoms with Crippen molar-refractivity contribution in [1.82, 2.24) is 15.0 Å². The number of nitrogens with zero attached hydrogens (tertiary/aromatic N) is 4. The molecule has 2 heterocycles. The monoisotopic (exact) mass is 346 g/mol. The maximum Gasteiger partial charge on any atom is 0.151 e. The summed E-state index contributed by atoms with van der Waals surface area (Å²) in [6, 6.07) is 26.7. The number of fused-ring (bicyclic) bond motifs is 1. The highest BCUT2D eigenvalue weighted by atomic mass is 35.5. The minimum absolute atomic E-state index is 0.107. The fourth-order valence-electron chi connectivity index (χ4n) is 3.46. The van der Waals surface area contributed by atoms with Gasteiger partial charge in [-0.2, -0.15) is 0 Å². The van der Waals surface area contributed by atoms with Gasteiger partial charge in [0.05, 0.1) is 11.6 Å². The van der Waals surface area contributed by atoms with E-state index in [1.807, 2.05) is 41.1 Å². The second kappa shape index (κ2) is 5.60. The molecular formula is C20H15ClN4. The zero-order chi connectivity index (χ0) is 16.8. The van der Waals surface area contributed by atoms with Gasteiger partial charge in [0.1, 0.15) is 5.52 Å². The minimum atomic E-state index is 0.107. The predicted octanol–water partition coefficient (Wildman–Crippen LogP) is 4.84. The van der Waals surface area contributed by atoms with Gasteiger partial charge in [-0.3, -0.25) is 0 Å². The maximum atomic E-state index is 6.06. The Bertz CT molecular complexity index is 1030. The van der Waals surface area contributed by atoms with Crippen LogP contribution in [0.5, 0.6) is 0 Å². The van der Waals surface area contributed by atoms with E-state index in [0.717, 1.165) is 16.1 Å². The molecule has 4 nitrogen and oxygen atoms in total. The molecule has 1 aliphatic heterocycles. The lowest BCUT2D eigenvalue weighted by Crippen LogP contribution is -2.03. The minimum Gasteiger partial charge on any atom is -0.336 e. The fourth-order valence-corrected chi connectivity index (χ4v) is 3.58. The van der Waals surface area contributed by atoms with Gasteiger partial charge < -0.3 is 4.90 Å². The summed E-state index contributed by atoms with van der Waals surface area (Å²) in [6.45, 7) is 0. The molecule has 0 aliphatic carbocycles. The molecule has 0 radical (unpaired) electrons. The van der Waals surface area contributed by atoms with Crippen LogP contribution in [0.3, 0.4) is 0 Å². The van der Waals surface area contributed by atoms with E-state index in [-0.39, 0.29) is 12.2 Å². The topological polar surface area (TPSA) is 33.7 Å². The Morgan fingerprint density at radius 3 is 2.32 bits per heavy atom. The average molecular weight is 347 g/mol. The lowest BCUT2D eigenvalue weighted by Gasteiger charge is -2.06. The van der Waals surface area contributed by atoms with Crippen LogP contribution in [-0.4, -0.2) is 15.0 Å². The van der Waals surface area contributed by atoms with Crippen molar-refractivity contribution in [2.75, 3.05) is 4.90 Å². The largest absolute Gasteiger partial charge is 0.336 e. The highest BCUT2D eigenvalue weighted by Gasteiger charge is 2.51. The molecule has 0 N–H and O–H groups in total. The van der Waals surface area contributed by atoms with Crippen molar-refractivity contribution in [2.45, 2.75) is 12.2 Å². The lowest BCUT2D eigenvalue weighted by molar-refractivity contribution is 0.615. The molecule has 0 saturated carbocycles. The van der Waals surface area contributed by atoms with Crippen LogP contribution < -0.4 is 4.90 Å². The Morgan fingerprint density at radius 2 is 1.52 bits per heavy atom. The fraction of sp³-hybridized carbons (Fsp3) is 0.100. The first-order valence-corrected chi connectivity index (χ1v) is 8.59. The van der Waals surface area contributed by atoms with Crippen LogP contribution in [0.15, 0.2) is 78.9 Å². The number of hydrogen-bond acceptors (Lipinski definition) is 3. The van der Waals surface area contributed by atoms with Crippen LogP contribution >= 0.6 is 11.6 Å².